The molecule has 0 radical (unpaired) electrons. The summed E-state index contributed by atoms with van der Waals surface area (Å²) in [4.78, 5) is 14.2. The van der Waals surface area contributed by atoms with Crippen LogP contribution in [0.25, 0.3) is 38.4 Å². The van der Waals surface area contributed by atoms with Crippen LogP contribution in [0.2, 0.25) is 0 Å². The molecule has 1 saturated carbocycles. The number of anilines is 1. The number of fused-ring (bicyclic) bond motifs is 2. The van der Waals surface area contributed by atoms with Crippen molar-refractivity contribution in [2.45, 2.75) is 28.7 Å². The van der Waals surface area contributed by atoms with Gasteiger partial charge in [0.05, 0.1) is 5.69 Å². The number of nitrogens with zero attached hydrogens (tertiary/aromatic N) is 5. The molecule has 1 aromatic carbocycles. The first-order chi connectivity index (χ1) is 15.2. The van der Waals surface area contributed by atoms with Crippen molar-refractivity contribution in [3.63, 3.8) is 0 Å². The van der Waals surface area contributed by atoms with Crippen LogP contribution in [-0.2, 0) is 11.2 Å². The summed E-state index contributed by atoms with van der Waals surface area (Å²) in [5, 5.41) is 5.26. The fraction of sp³-hybridized carbons (Fsp3) is 0.182. The van der Waals surface area contributed by atoms with E-state index in [1.807, 2.05) is 30.5 Å². The molecular weight excluding hydrogens is 428 g/mol. The standard InChI is InChI=1S/C22H18N6OS2/c23-19-18-16(13-5-2-1-3-6-13)9-17(14-10-24-22-25-12-26-28(22)11-14)27-20(18)30-21(19)31(29)15-7-4-8-15/h1-3,5-6,9-12,15H,4,7-8,23H2/t31-/m0/s1. The summed E-state index contributed by atoms with van der Waals surface area (Å²) in [6.45, 7) is 0. The highest BCUT2D eigenvalue weighted by Gasteiger charge is 2.35. The third kappa shape index (κ3) is 3.08. The van der Waals surface area contributed by atoms with Gasteiger partial charge < -0.3 is 10.3 Å². The quantitative estimate of drug-likeness (QED) is 0.413. The minimum Gasteiger partial charge on any atom is -0.611 e. The highest BCUT2D eigenvalue weighted by Crippen LogP contribution is 2.45. The molecule has 6 rings (SSSR count). The Bertz CT molecular complexity index is 1410. The summed E-state index contributed by atoms with van der Waals surface area (Å²) < 4.78 is 15.5. The van der Waals surface area contributed by atoms with E-state index in [0.717, 1.165) is 56.1 Å². The van der Waals surface area contributed by atoms with Gasteiger partial charge in [0.15, 0.2) is 0 Å². The molecule has 5 aromatic rings. The smallest absolute Gasteiger partial charge is 0.252 e. The molecule has 7 nitrogen and oxygen atoms in total. The summed E-state index contributed by atoms with van der Waals surface area (Å²) in [5.41, 5.74) is 10.8. The van der Waals surface area contributed by atoms with Crippen molar-refractivity contribution in [1.29, 1.82) is 0 Å². The molecule has 0 aliphatic heterocycles. The third-order valence-electron chi connectivity index (χ3n) is 5.72. The molecule has 1 atom stereocenters. The molecule has 1 fully saturated rings. The number of benzene rings is 1. The molecule has 0 unspecified atom stereocenters. The van der Waals surface area contributed by atoms with Crippen molar-refractivity contribution in [2.75, 3.05) is 5.73 Å². The zero-order valence-corrected chi connectivity index (χ0v) is 18.1. The molecule has 0 amide bonds. The summed E-state index contributed by atoms with van der Waals surface area (Å²) in [6.07, 6.45) is 8.21. The second-order valence-electron chi connectivity index (χ2n) is 7.60. The normalized spacial score (nSPS) is 15.4. The molecule has 1 aliphatic rings. The highest BCUT2D eigenvalue weighted by atomic mass is 32.2. The summed E-state index contributed by atoms with van der Waals surface area (Å²) in [7, 11) is 0. The number of nitrogens with two attached hydrogens (primary N) is 1. The highest BCUT2D eigenvalue weighted by molar-refractivity contribution is 7.94. The van der Waals surface area contributed by atoms with Crippen molar-refractivity contribution in [3.8, 4) is 22.4 Å². The van der Waals surface area contributed by atoms with Gasteiger partial charge >= 0.3 is 0 Å². The molecule has 4 aromatic heterocycles. The number of rotatable bonds is 4. The Hall–Kier alpha value is -3.01. The Morgan fingerprint density at radius 2 is 1.97 bits per heavy atom. The first-order valence-electron chi connectivity index (χ1n) is 10.0. The summed E-state index contributed by atoms with van der Waals surface area (Å²) >= 11 is 0.345. The monoisotopic (exact) mass is 446 g/mol. The molecule has 1 aliphatic carbocycles. The van der Waals surface area contributed by atoms with Crippen molar-refractivity contribution < 1.29 is 4.55 Å². The van der Waals surface area contributed by atoms with Crippen LogP contribution in [-0.4, -0.2) is 34.4 Å². The van der Waals surface area contributed by atoms with Gasteiger partial charge in [-0.2, -0.15) is 10.1 Å². The maximum absolute atomic E-state index is 13.1. The van der Waals surface area contributed by atoms with E-state index in [9.17, 15) is 4.55 Å². The SMILES string of the molecule is Nc1c([S@@+]([O-])C2CCC2)sc2nc(-c3cnc4ncnn4c3)cc(-c3ccccc3)c12. The topological polar surface area (TPSA) is 105 Å². The third-order valence-corrected chi connectivity index (χ3v) is 9.02. The second-order valence-corrected chi connectivity index (χ2v) is 10.5. The first-order valence-corrected chi connectivity index (χ1v) is 12.1. The van der Waals surface area contributed by atoms with E-state index in [2.05, 4.69) is 27.2 Å². The van der Waals surface area contributed by atoms with Gasteiger partial charge in [-0.25, -0.2) is 14.5 Å². The van der Waals surface area contributed by atoms with Gasteiger partial charge in [-0.3, -0.25) is 0 Å². The Kier molecular flexibility index (Phi) is 4.41. The van der Waals surface area contributed by atoms with Crippen LogP contribution < -0.4 is 5.73 Å². The van der Waals surface area contributed by atoms with Gasteiger partial charge in [0.1, 0.15) is 22.1 Å². The Balaban J connectivity index is 1.58. The molecule has 0 spiro atoms. The van der Waals surface area contributed by atoms with Gasteiger partial charge in [-0.05, 0) is 36.5 Å². The van der Waals surface area contributed by atoms with Crippen molar-refractivity contribution in [2.24, 2.45) is 0 Å². The van der Waals surface area contributed by atoms with Crippen LogP contribution >= 0.6 is 11.3 Å². The lowest BCUT2D eigenvalue weighted by molar-refractivity contribution is 0.478. The van der Waals surface area contributed by atoms with Crippen LogP contribution in [0.4, 0.5) is 5.69 Å². The van der Waals surface area contributed by atoms with Crippen LogP contribution in [0.3, 0.4) is 0 Å². The molecule has 31 heavy (non-hydrogen) atoms. The lowest BCUT2D eigenvalue weighted by Gasteiger charge is -2.27. The number of hydrogen-bond donors (Lipinski definition) is 1. The van der Waals surface area contributed by atoms with Gasteiger partial charge in [-0.15, -0.1) is 0 Å². The molecule has 0 saturated heterocycles. The molecule has 2 N–H and O–H groups in total. The lowest BCUT2D eigenvalue weighted by atomic mass is 10.00. The van der Waals surface area contributed by atoms with Crippen LogP contribution in [0, 0.1) is 0 Å². The maximum Gasteiger partial charge on any atom is 0.252 e. The van der Waals surface area contributed by atoms with Gasteiger partial charge in [0.2, 0.25) is 4.21 Å². The lowest BCUT2D eigenvalue weighted by Crippen LogP contribution is -2.28. The molecular formula is C22H18N6OS2. The van der Waals surface area contributed by atoms with E-state index < -0.39 is 11.2 Å². The zero-order chi connectivity index (χ0) is 20.9. The minimum atomic E-state index is -1.10. The van der Waals surface area contributed by atoms with E-state index in [0.29, 0.717) is 11.5 Å². The minimum absolute atomic E-state index is 0.203. The van der Waals surface area contributed by atoms with Crippen LogP contribution in [0.15, 0.2) is 59.3 Å². The average molecular weight is 447 g/mol. The zero-order valence-electron chi connectivity index (χ0n) is 16.4. The Morgan fingerprint density at radius 1 is 1.13 bits per heavy atom. The van der Waals surface area contributed by atoms with E-state index in [1.165, 1.54) is 17.7 Å². The number of aromatic nitrogens is 5. The Morgan fingerprint density at radius 3 is 2.74 bits per heavy atom. The molecule has 9 heteroatoms. The largest absolute Gasteiger partial charge is 0.611 e. The molecule has 154 valence electrons. The maximum atomic E-state index is 13.1. The number of hydrogen-bond acceptors (Lipinski definition) is 7. The fourth-order valence-corrected chi connectivity index (χ4v) is 7.04. The summed E-state index contributed by atoms with van der Waals surface area (Å²) in [5.74, 6) is 0.534. The second kappa shape index (κ2) is 7.30. The first kappa shape index (κ1) is 18.7. The number of thiophene rings is 1. The molecule has 0 bridgehead atoms. The predicted octanol–water partition coefficient (Wildman–Crippen LogP) is 4.31. The van der Waals surface area contributed by atoms with E-state index >= 15 is 0 Å². The van der Waals surface area contributed by atoms with Gasteiger partial charge in [-0.1, -0.05) is 41.7 Å². The van der Waals surface area contributed by atoms with Crippen LogP contribution in [0.1, 0.15) is 19.3 Å². The van der Waals surface area contributed by atoms with Gasteiger partial charge in [0.25, 0.3) is 5.78 Å². The number of pyridine rings is 1. The van der Waals surface area contributed by atoms with E-state index in [4.69, 9.17) is 10.7 Å². The average Bonchev–Trinajstić information content (AvgIpc) is 3.36. The fourth-order valence-electron chi connectivity index (χ4n) is 3.83. The Labute approximate surface area is 185 Å². The van der Waals surface area contributed by atoms with Crippen molar-refractivity contribution in [3.05, 3.63) is 55.1 Å². The van der Waals surface area contributed by atoms with E-state index in [-0.39, 0.29) is 5.25 Å². The van der Waals surface area contributed by atoms with E-state index in [1.54, 1.807) is 10.7 Å². The molecule has 4 heterocycles. The predicted molar refractivity (Wildman–Crippen MR) is 123 cm³/mol. The van der Waals surface area contributed by atoms with Crippen LogP contribution in [0.5, 0.6) is 0 Å². The number of nitrogen functional groups attached to an aromatic ring is 1. The van der Waals surface area contributed by atoms with Crippen molar-refractivity contribution >= 4 is 44.2 Å². The summed E-state index contributed by atoms with van der Waals surface area (Å²) in [6, 6.07) is 12.1. The van der Waals surface area contributed by atoms with Crippen molar-refractivity contribution in [1.82, 2.24) is 24.6 Å². The van der Waals surface area contributed by atoms with Gasteiger partial charge in [0, 0.05) is 34.5 Å².